The van der Waals surface area contributed by atoms with Crippen LogP contribution in [0.1, 0.15) is 55.6 Å². The Morgan fingerprint density at radius 2 is 1.47 bits per heavy atom. The molecule has 6 rings (SSSR count). The highest BCUT2D eigenvalue weighted by Gasteiger charge is 2.66. The van der Waals surface area contributed by atoms with Crippen LogP contribution in [0.25, 0.3) is 0 Å². The number of para-hydroxylation sites is 1. The first-order chi connectivity index (χ1) is 16.3. The number of carbonyl (C=O) groups excluding carboxylic acids is 1. The van der Waals surface area contributed by atoms with E-state index in [0.717, 1.165) is 16.8 Å². The number of fused-ring (bicyclic) bond motifs is 8. The van der Waals surface area contributed by atoms with Crippen LogP contribution in [-0.2, 0) is 9.57 Å². The van der Waals surface area contributed by atoms with Crippen LogP contribution in [0.3, 0.4) is 0 Å². The number of carbonyl (C=O) groups is 1. The molecule has 2 bridgehead atoms. The smallest absolute Gasteiger partial charge is 0.411 e. The third-order valence-corrected chi connectivity index (χ3v) is 7.22. The van der Waals surface area contributed by atoms with Crippen LogP contribution in [0.15, 0.2) is 78.9 Å². The van der Waals surface area contributed by atoms with Gasteiger partial charge in [0.25, 0.3) is 0 Å². The molecular formula is C28H27ClN2O3. The molecule has 3 aromatic rings. The van der Waals surface area contributed by atoms with Crippen molar-refractivity contribution in [3.63, 3.8) is 0 Å². The van der Waals surface area contributed by atoms with Crippen molar-refractivity contribution in [2.75, 3.05) is 5.06 Å². The summed E-state index contributed by atoms with van der Waals surface area (Å²) in [7, 11) is 0. The van der Waals surface area contributed by atoms with Crippen molar-refractivity contribution in [3.8, 4) is 0 Å². The minimum atomic E-state index is -0.576. The van der Waals surface area contributed by atoms with Gasteiger partial charge in [-0.3, -0.25) is 9.74 Å². The fraction of sp³-hybridized carbons (Fsp3) is 0.321. The average molecular weight is 475 g/mol. The lowest BCUT2D eigenvalue weighted by atomic mass is 9.77. The number of hydrogen-bond donors (Lipinski definition) is 0. The molecule has 0 saturated carbocycles. The first-order valence-corrected chi connectivity index (χ1v) is 12.1. The summed E-state index contributed by atoms with van der Waals surface area (Å²) in [4.78, 5) is 22.1. The molecule has 3 aromatic carbocycles. The second-order valence-electron chi connectivity index (χ2n) is 10.2. The fourth-order valence-corrected chi connectivity index (χ4v) is 5.96. The fourth-order valence-electron chi connectivity index (χ4n) is 5.83. The van der Waals surface area contributed by atoms with E-state index in [-0.39, 0.29) is 36.2 Å². The molecule has 34 heavy (non-hydrogen) atoms. The zero-order valence-electron chi connectivity index (χ0n) is 19.4. The van der Waals surface area contributed by atoms with Crippen molar-refractivity contribution in [2.24, 2.45) is 5.92 Å². The number of anilines is 1. The molecule has 2 saturated heterocycles. The second-order valence-corrected chi connectivity index (χ2v) is 10.6. The van der Waals surface area contributed by atoms with Gasteiger partial charge < -0.3 is 4.74 Å². The van der Waals surface area contributed by atoms with E-state index in [4.69, 9.17) is 21.2 Å². The predicted octanol–water partition coefficient (Wildman–Crippen LogP) is 6.86. The Labute approximate surface area is 204 Å². The molecule has 3 heterocycles. The summed E-state index contributed by atoms with van der Waals surface area (Å²) < 4.78 is 5.87. The molecule has 2 fully saturated rings. The average Bonchev–Trinajstić information content (AvgIpc) is 3.45. The van der Waals surface area contributed by atoms with Gasteiger partial charge in [0.1, 0.15) is 11.7 Å². The number of ether oxygens (including phenoxy) is 1. The van der Waals surface area contributed by atoms with E-state index in [1.807, 2.05) is 73.2 Å². The molecular weight excluding hydrogens is 448 g/mol. The van der Waals surface area contributed by atoms with Gasteiger partial charge in [0.2, 0.25) is 0 Å². The molecule has 174 valence electrons. The maximum absolute atomic E-state index is 13.5. The number of nitrogens with zero attached hydrogens (tertiary/aromatic N) is 2. The van der Waals surface area contributed by atoms with Crippen molar-refractivity contribution in [1.29, 1.82) is 0 Å². The molecule has 6 heteroatoms. The lowest BCUT2D eigenvalue weighted by Crippen LogP contribution is -2.38. The molecule has 0 N–H and O–H groups in total. The van der Waals surface area contributed by atoms with Crippen LogP contribution in [0, 0.1) is 5.92 Å². The quantitative estimate of drug-likeness (QED) is 0.406. The highest BCUT2D eigenvalue weighted by Crippen LogP contribution is 2.64. The summed E-state index contributed by atoms with van der Waals surface area (Å²) in [5.74, 6) is 0.0359. The van der Waals surface area contributed by atoms with Crippen molar-refractivity contribution in [2.45, 2.75) is 50.6 Å². The lowest BCUT2D eigenvalue weighted by Gasteiger charge is -2.33. The molecule has 5 atom stereocenters. The Bertz CT molecular complexity index is 1220. The van der Waals surface area contributed by atoms with Crippen molar-refractivity contribution < 1.29 is 14.4 Å². The Morgan fingerprint density at radius 1 is 0.853 bits per heavy atom. The largest absolute Gasteiger partial charge is 0.444 e. The number of halogens is 1. The van der Waals surface area contributed by atoms with Crippen LogP contribution in [0.4, 0.5) is 10.5 Å². The normalized spacial score (nSPS) is 27.0. The van der Waals surface area contributed by atoms with E-state index < -0.39 is 5.60 Å². The zero-order chi connectivity index (χ0) is 23.6. The highest BCUT2D eigenvalue weighted by atomic mass is 35.5. The van der Waals surface area contributed by atoms with Gasteiger partial charge >= 0.3 is 6.09 Å². The Hall–Kier alpha value is -3.02. The predicted molar refractivity (Wildman–Crippen MR) is 131 cm³/mol. The Kier molecular flexibility index (Phi) is 4.91. The van der Waals surface area contributed by atoms with Gasteiger partial charge in [-0.2, -0.15) is 0 Å². The summed E-state index contributed by atoms with van der Waals surface area (Å²) >= 11 is 6.22. The maximum Gasteiger partial charge on any atom is 0.411 e. The van der Waals surface area contributed by atoms with E-state index >= 15 is 0 Å². The standard InChI is InChI=1S/C28H27ClN2O3/c1-28(2,3)33-27(32)30-24-20-11-7-8-12-21(20)25(30)26-22(24)23(17-13-15-18(29)16-14-17)31(34-26)19-9-5-4-6-10-19/h4-16,22-26H,1-3H3/t22-,23+,24-,25+,26-/m1/s1. The summed E-state index contributed by atoms with van der Waals surface area (Å²) in [6, 6.07) is 26.0. The SMILES string of the molecule is CC(C)(C)OC(=O)N1[C@@H]2c3ccccc3[C@H]1[C@@H]1ON(c3ccccc3)[C@@H](c3ccc(Cl)cc3)[C@@H]12. The van der Waals surface area contributed by atoms with Gasteiger partial charge in [-0.15, -0.1) is 0 Å². The van der Waals surface area contributed by atoms with E-state index in [0.29, 0.717) is 5.02 Å². The summed E-state index contributed by atoms with van der Waals surface area (Å²) in [5.41, 5.74) is 3.84. The zero-order valence-corrected chi connectivity index (χ0v) is 20.1. The van der Waals surface area contributed by atoms with Gasteiger partial charge in [0, 0.05) is 10.9 Å². The van der Waals surface area contributed by atoms with Crippen LogP contribution < -0.4 is 5.06 Å². The molecule has 0 aromatic heterocycles. The van der Waals surface area contributed by atoms with Gasteiger partial charge in [-0.1, -0.05) is 66.2 Å². The number of amides is 1. The van der Waals surface area contributed by atoms with Gasteiger partial charge in [0.15, 0.2) is 0 Å². The molecule has 1 amide bonds. The van der Waals surface area contributed by atoms with Crippen LogP contribution in [0.2, 0.25) is 5.02 Å². The topological polar surface area (TPSA) is 42.0 Å². The van der Waals surface area contributed by atoms with E-state index in [9.17, 15) is 4.79 Å². The van der Waals surface area contributed by atoms with Crippen LogP contribution in [-0.4, -0.2) is 22.7 Å². The van der Waals surface area contributed by atoms with Crippen molar-refractivity contribution in [3.05, 3.63) is 101 Å². The molecule has 0 unspecified atom stereocenters. The molecule has 0 aliphatic carbocycles. The summed E-state index contributed by atoms with van der Waals surface area (Å²) in [6.45, 7) is 5.71. The van der Waals surface area contributed by atoms with Gasteiger partial charge in [-0.25, -0.2) is 9.86 Å². The monoisotopic (exact) mass is 474 g/mol. The first kappa shape index (κ1) is 21.5. The highest BCUT2D eigenvalue weighted by molar-refractivity contribution is 6.30. The van der Waals surface area contributed by atoms with Crippen molar-refractivity contribution >= 4 is 23.4 Å². The summed E-state index contributed by atoms with van der Waals surface area (Å²) in [6.07, 6.45) is -0.480. The third kappa shape index (κ3) is 3.29. The van der Waals surface area contributed by atoms with Crippen LogP contribution in [0.5, 0.6) is 0 Å². The number of benzene rings is 3. The second kappa shape index (κ2) is 7.76. The van der Waals surface area contributed by atoms with Crippen molar-refractivity contribution in [1.82, 2.24) is 4.90 Å². The number of hydrogen-bond acceptors (Lipinski definition) is 4. The number of hydroxylamine groups is 1. The maximum atomic E-state index is 13.5. The molecule has 3 aliphatic heterocycles. The minimum absolute atomic E-state index is 0.0359. The first-order valence-electron chi connectivity index (χ1n) is 11.7. The van der Waals surface area contributed by atoms with E-state index in [1.165, 1.54) is 5.56 Å². The lowest BCUT2D eigenvalue weighted by molar-refractivity contribution is 0.000437. The van der Waals surface area contributed by atoms with Crippen LogP contribution >= 0.6 is 11.6 Å². The minimum Gasteiger partial charge on any atom is -0.444 e. The Morgan fingerprint density at radius 3 is 2.12 bits per heavy atom. The summed E-state index contributed by atoms with van der Waals surface area (Å²) in [5, 5.41) is 2.72. The molecule has 5 nitrogen and oxygen atoms in total. The number of rotatable bonds is 2. The Balaban J connectivity index is 1.48. The molecule has 0 radical (unpaired) electrons. The molecule has 0 spiro atoms. The van der Waals surface area contributed by atoms with E-state index in [1.54, 1.807) is 0 Å². The molecule has 3 aliphatic rings. The van der Waals surface area contributed by atoms with E-state index in [2.05, 4.69) is 36.4 Å². The third-order valence-electron chi connectivity index (χ3n) is 6.97. The van der Waals surface area contributed by atoms with Gasteiger partial charge in [-0.05, 0) is 61.7 Å². The van der Waals surface area contributed by atoms with Gasteiger partial charge in [0.05, 0.1) is 23.8 Å².